The molecule has 0 amide bonds. The Kier molecular flexibility index (Phi) is 5.43. The van der Waals surface area contributed by atoms with Crippen LogP contribution in [-0.4, -0.2) is 18.0 Å². The molecule has 3 nitrogen and oxygen atoms in total. The van der Waals surface area contributed by atoms with Gasteiger partial charge in [0.15, 0.2) is 6.29 Å². The van der Waals surface area contributed by atoms with E-state index in [1.54, 1.807) is 0 Å². The minimum absolute atomic E-state index is 0.144. The third-order valence-corrected chi connectivity index (χ3v) is 3.29. The summed E-state index contributed by atoms with van der Waals surface area (Å²) in [4.78, 5) is 0. The van der Waals surface area contributed by atoms with Crippen LogP contribution in [0.15, 0.2) is 36.9 Å². The van der Waals surface area contributed by atoms with Gasteiger partial charge in [-0.2, -0.15) is 0 Å². The summed E-state index contributed by atoms with van der Waals surface area (Å²) in [7, 11) is 0. The monoisotopic (exact) mass is 262 g/mol. The van der Waals surface area contributed by atoms with E-state index in [0.29, 0.717) is 6.42 Å². The molecular formula is C16H22O3. The van der Waals surface area contributed by atoms with E-state index in [1.165, 1.54) is 0 Å². The van der Waals surface area contributed by atoms with Crippen LogP contribution >= 0.6 is 0 Å². The van der Waals surface area contributed by atoms with Crippen LogP contribution in [0.2, 0.25) is 0 Å². The molecule has 2 unspecified atom stereocenters. The van der Waals surface area contributed by atoms with Crippen LogP contribution in [0.1, 0.15) is 43.8 Å². The second-order valence-corrected chi connectivity index (χ2v) is 4.87. The number of allylic oxidation sites excluding steroid dienone is 1. The molecule has 0 spiro atoms. The van der Waals surface area contributed by atoms with Gasteiger partial charge >= 0.3 is 0 Å². The van der Waals surface area contributed by atoms with Crippen molar-refractivity contribution < 1.29 is 14.6 Å². The summed E-state index contributed by atoms with van der Waals surface area (Å²) in [6.45, 7) is 4.44. The van der Waals surface area contributed by atoms with Crippen molar-refractivity contribution in [2.24, 2.45) is 0 Å². The number of hydrogen-bond acceptors (Lipinski definition) is 3. The first-order valence-corrected chi connectivity index (χ1v) is 6.97. The highest BCUT2D eigenvalue weighted by atomic mass is 16.7. The smallest absolute Gasteiger partial charge is 0.199 e. The molecule has 0 aromatic heterocycles. The molecule has 2 atom stereocenters. The Morgan fingerprint density at radius 3 is 3.11 bits per heavy atom. The fourth-order valence-electron chi connectivity index (χ4n) is 2.19. The van der Waals surface area contributed by atoms with Gasteiger partial charge in [-0.25, -0.2) is 0 Å². The van der Waals surface area contributed by atoms with Crippen molar-refractivity contribution in [1.29, 1.82) is 0 Å². The minimum Gasteiger partial charge on any atom is -0.465 e. The van der Waals surface area contributed by atoms with Crippen LogP contribution in [0.3, 0.4) is 0 Å². The molecule has 1 aromatic carbocycles. The third kappa shape index (κ3) is 4.37. The Morgan fingerprint density at radius 2 is 2.37 bits per heavy atom. The highest BCUT2D eigenvalue weighted by Gasteiger charge is 2.16. The zero-order valence-corrected chi connectivity index (χ0v) is 11.3. The summed E-state index contributed by atoms with van der Waals surface area (Å²) in [6.07, 6.45) is 5.89. The van der Waals surface area contributed by atoms with Gasteiger partial charge in [-0.1, -0.05) is 18.2 Å². The van der Waals surface area contributed by atoms with E-state index in [9.17, 15) is 5.11 Å². The van der Waals surface area contributed by atoms with Gasteiger partial charge in [0.25, 0.3) is 0 Å². The van der Waals surface area contributed by atoms with E-state index in [0.717, 1.165) is 43.6 Å². The van der Waals surface area contributed by atoms with Crippen molar-refractivity contribution in [3.8, 4) is 5.75 Å². The van der Waals surface area contributed by atoms with Gasteiger partial charge in [-0.15, -0.1) is 6.58 Å². The van der Waals surface area contributed by atoms with Crippen molar-refractivity contribution >= 4 is 0 Å². The van der Waals surface area contributed by atoms with Crippen molar-refractivity contribution in [2.75, 3.05) is 6.61 Å². The van der Waals surface area contributed by atoms with Gasteiger partial charge in [0.2, 0.25) is 0 Å². The molecule has 0 aliphatic carbocycles. The Morgan fingerprint density at radius 1 is 1.47 bits per heavy atom. The first kappa shape index (κ1) is 14.1. The largest absolute Gasteiger partial charge is 0.465 e. The van der Waals surface area contributed by atoms with E-state index in [4.69, 9.17) is 9.47 Å². The SMILES string of the molecule is C=CCCC(O)c1cccc(OC2CCCCO2)c1. The Labute approximate surface area is 114 Å². The summed E-state index contributed by atoms with van der Waals surface area (Å²) in [5, 5.41) is 10.0. The van der Waals surface area contributed by atoms with Gasteiger partial charge in [-0.3, -0.25) is 0 Å². The summed E-state index contributed by atoms with van der Waals surface area (Å²) in [5.74, 6) is 0.766. The third-order valence-electron chi connectivity index (χ3n) is 3.29. The number of aliphatic hydroxyl groups is 1. The number of aliphatic hydroxyl groups excluding tert-OH is 1. The topological polar surface area (TPSA) is 38.7 Å². The van der Waals surface area contributed by atoms with Gasteiger partial charge in [0, 0.05) is 6.42 Å². The lowest BCUT2D eigenvalue weighted by atomic mass is 10.0. The van der Waals surface area contributed by atoms with Crippen molar-refractivity contribution in [1.82, 2.24) is 0 Å². The molecule has 1 aromatic rings. The second-order valence-electron chi connectivity index (χ2n) is 4.87. The normalized spacial score (nSPS) is 20.8. The average molecular weight is 262 g/mol. The predicted octanol–water partition coefficient (Wildman–Crippen LogP) is 3.59. The molecule has 1 heterocycles. The zero-order chi connectivity index (χ0) is 13.5. The van der Waals surface area contributed by atoms with Gasteiger partial charge in [0.05, 0.1) is 12.7 Å². The van der Waals surface area contributed by atoms with E-state index in [2.05, 4.69) is 6.58 Å². The van der Waals surface area contributed by atoms with Crippen molar-refractivity contribution in [3.05, 3.63) is 42.5 Å². The molecular weight excluding hydrogens is 240 g/mol. The van der Waals surface area contributed by atoms with Gasteiger partial charge < -0.3 is 14.6 Å². The summed E-state index contributed by atoms with van der Waals surface area (Å²) < 4.78 is 11.3. The van der Waals surface area contributed by atoms with Crippen LogP contribution in [0.25, 0.3) is 0 Å². The molecule has 0 bridgehead atoms. The van der Waals surface area contributed by atoms with Crippen molar-refractivity contribution in [2.45, 2.75) is 44.5 Å². The number of benzene rings is 1. The molecule has 2 rings (SSSR count). The van der Waals surface area contributed by atoms with Crippen LogP contribution in [0.5, 0.6) is 5.75 Å². The lowest BCUT2D eigenvalue weighted by molar-refractivity contribution is -0.105. The first-order chi connectivity index (χ1) is 9.29. The van der Waals surface area contributed by atoms with E-state index in [1.807, 2.05) is 30.3 Å². The molecule has 0 saturated carbocycles. The summed E-state index contributed by atoms with van der Waals surface area (Å²) in [6, 6.07) is 7.63. The summed E-state index contributed by atoms with van der Waals surface area (Å²) >= 11 is 0. The Bertz CT molecular complexity index is 397. The zero-order valence-electron chi connectivity index (χ0n) is 11.3. The van der Waals surface area contributed by atoms with E-state index in [-0.39, 0.29) is 6.29 Å². The Balaban J connectivity index is 1.95. The van der Waals surface area contributed by atoms with E-state index < -0.39 is 6.10 Å². The molecule has 0 radical (unpaired) electrons. The van der Waals surface area contributed by atoms with Gasteiger partial charge in [0.1, 0.15) is 5.75 Å². The second kappa shape index (κ2) is 7.31. The van der Waals surface area contributed by atoms with Crippen molar-refractivity contribution in [3.63, 3.8) is 0 Å². The van der Waals surface area contributed by atoms with Crippen LogP contribution in [0.4, 0.5) is 0 Å². The van der Waals surface area contributed by atoms with Gasteiger partial charge in [-0.05, 0) is 43.4 Å². The quantitative estimate of drug-likeness (QED) is 0.796. The Hall–Kier alpha value is -1.32. The van der Waals surface area contributed by atoms with Crippen LogP contribution in [-0.2, 0) is 4.74 Å². The maximum absolute atomic E-state index is 10.0. The predicted molar refractivity (Wildman–Crippen MR) is 75.1 cm³/mol. The lowest BCUT2D eigenvalue weighted by Gasteiger charge is -2.23. The number of rotatable bonds is 6. The highest BCUT2D eigenvalue weighted by Crippen LogP contribution is 2.25. The average Bonchev–Trinajstić information content (AvgIpc) is 2.46. The molecule has 1 N–H and O–H groups in total. The molecule has 104 valence electrons. The molecule has 1 fully saturated rings. The van der Waals surface area contributed by atoms with Crippen LogP contribution in [0, 0.1) is 0 Å². The number of hydrogen-bond donors (Lipinski definition) is 1. The van der Waals surface area contributed by atoms with E-state index >= 15 is 0 Å². The molecule has 1 saturated heterocycles. The summed E-state index contributed by atoms with van der Waals surface area (Å²) in [5.41, 5.74) is 0.884. The lowest BCUT2D eigenvalue weighted by Crippen LogP contribution is -2.25. The maximum Gasteiger partial charge on any atom is 0.199 e. The fraction of sp³-hybridized carbons (Fsp3) is 0.500. The molecule has 1 aliphatic rings. The number of ether oxygens (including phenoxy) is 2. The molecule has 1 aliphatic heterocycles. The highest BCUT2D eigenvalue weighted by molar-refractivity contribution is 5.30. The maximum atomic E-state index is 10.0. The fourth-order valence-corrected chi connectivity index (χ4v) is 2.19. The molecule has 19 heavy (non-hydrogen) atoms. The van der Waals surface area contributed by atoms with Crippen LogP contribution < -0.4 is 4.74 Å². The minimum atomic E-state index is -0.464. The standard InChI is InChI=1S/C16H22O3/c1-2-3-9-15(17)13-7-6-8-14(12-13)19-16-10-4-5-11-18-16/h2,6-8,12,15-17H,1,3-5,9-11H2. The first-order valence-electron chi connectivity index (χ1n) is 6.97. The molecule has 3 heteroatoms.